The van der Waals surface area contributed by atoms with Crippen LogP contribution in [-0.2, 0) is 25.5 Å². The van der Waals surface area contributed by atoms with Gasteiger partial charge in [-0.1, -0.05) is 48.5 Å². The fourth-order valence-corrected chi connectivity index (χ4v) is 3.41. The van der Waals surface area contributed by atoms with Crippen LogP contribution >= 0.6 is 0 Å². The number of esters is 2. The molecule has 0 bridgehead atoms. The summed E-state index contributed by atoms with van der Waals surface area (Å²) in [5.74, 6) is -2.13. The normalized spacial score (nSPS) is 11.0. The van der Waals surface area contributed by atoms with Gasteiger partial charge in [0.1, 0.15) is 0 Å². The van der Waals surface area contributed by atoms with Crippen molar-refractivity contribution in [2.24, 2.45) is 5.92 Å². The van der Waals surface area contributed by atoms with Crippen LogP contribution in [0.25, 0.3) is 21.5 Å². The maximum absolute atomic E-state index is 12.1. The summed E-state index contributed by atoms with van der Waals surface area (Å²) < 4.78 is 9.61. The fourth-order valence-electron chi connectivity index (χ4n) is 3.41. The SMILES string of the molecule is COC(=O)C(Cc1c(C)c2ccccc2c2ccccc12)C(=O)OC. The van der Waals surface area contributed by atoms with Crippen LogP contribution in [0.3, 0.4) is 0 Å². The van der Waals surface area contributed by atoms with Gasteiger partial charge in [0.05, 0.1) is 14.2 Å². The van der Waals surface area contributed by atoms with Crippen LogP contribution < -0.4 is 0 Å². The summed E-state index contributed by atoms with van der Waals surface area (Å²) in [6, 6.07) is 16.2. The molecule has 3 aromatic carbocycles. The lowest BCUT2D eigenvalue weighted by Crippen LogP contribution is -2.28. The largest absolute Gasteiger partial charge is 0.468 e. The van der Waals surface area contributed by atoms with E-state index in [1.54, 1.807) is 0 Å². The molecule has 0 unspecified atom stereocenters. The number of hydrogen-bond donors (Lipinski definition) is 0. The Morgan fingerprint density at radius 2 is 1.24 bits per heavy atom. The monoisotopic (exact) mass is 336 g/mol. The van der Waals surface area contributed by atoms with Gasteiger partial charge in [-0.3, -0.25) is 9.59 Å². The predicted molar refractivity (Wildman–Crippen MR) is 97.4 cm³/mol. The van der Waals surface area contributed by atoms with E-state index in [0.717, 1.165) is 32.7 Å². The van der Waals surface area contributed by atoms with E-state index in [9.17, 15) is 9.59 Å². The Morgan fingerprint density at radius 3 is 1.76 bits per heavy atom. The molecule has 0 fully saturated rings. The van der Waals surface area contributed by atoms with Crippen molar-refractivity contribution in [3.05, 3.63) is 59.7 Å². The summed E-state index contributed by atoms with van der Waals surface area (Å²) in [6.45, 7) is 2.02. The number of carbonyl (C=O) groups excluding carboxylic acids is 2. The Balaban J connectivity index is 2.25. The van der Waals surface area contributed by atoms with Gasteiger partial charge in [-0.2, -0.15) is 0 Å². The molecular formula is C21H20O4. The lowest BCUT2D eigenvalue weighted by Gasteiger charge is -2.18. The lowest BCUT2D eigenvalue weighted by molar-refractivity contribution is -0.158. The number of carbonyl (C=O) groups is 2. The van der Waals surface area contributed by atoms with Gasteiger partial charge in [0.15, 0.2) is 5.92 Å². The number of benzene rings is 3. The quantitative estimate of drug-likeness (QED) is 0.413. The van der Waals surface area contributed by atoms with Crippen LogP contribution in [0.2, 0.25) is 0 Å². The first-order valence-electron chi connectivity index (χ1n) is 8.13. The molecule has 0 radical (unpaired) electrons. The highest BCUT2D eigenvalue weighted by Gasteiger charge is 2.30. The molecule has 0 heterocycles. The summed E-state index contributed by atoms with van der Waals surface area (Å²) >= 11 is 0. The van der Waals surface area contributed by atoms with E-state index in [4.69, 9.17) is 9.47 Å². The standard InChI is InChI=1S/C21H20O4/c1-13-14-8-4-5-9-15(14)16-10-6-7-11-17(16)18(13)12-19(20(22)24-2)21(23)25-3/h4-11,19H,12H2,1-3H3. The average molecular weight is 336 g/mol. The summed E-state index contributed by atoms with van der Waals surface area (Å²) in [4.78, 5) is 24.2. The molecular weight excluding hydrogens is 316 g/mol. The molecule has 0 aromatic heterocycles. The fraction of sp³-hybridized carbons (Fsp3) is 0.238. The van der Waals surface area contributed by atoms with Crippen LogP contribution in [0.15, 0.2) is 48.5 Å². The zero-order chi connectivity index (χ0) is 18.0. The Kier molecular flexibility index (Phi) is 4.70. The van der Waals surface area contributed by atoms with Gasteiger partial charge in [0.2, 0.25) is 0 Å². The average Bonchev–Trinajstić information content (AvgIpc) is 2.67. The van der Waals surface area contributed by atoms with Gasteiger partial charge >= 0.3 is 11.9 Å². The number of methoxy groups -OCH3 is 2. The van der Waals surface area contributed by atoms with Crippen LogP contribution in [0.5, 0.6) is 0 Å². The van der Waals surface area contributed by atoms with E-state index >= 15 is 0 Å². The first-order valence-corrected chi connectivity index (χ1v) is 8.13. The van der Waals surface area contributed by atoms with E-state index in [-0.39, 0.29) is 6.42 Å². The second-order valence-electron chi connectivity index (χ2n) is 6.00. The number of ether oxygens (including phenoxy) is 2. The highest BCUT2D eigenvalue weighted by atomic mass is 16.5. The van der Waals surface area contributed by atoms with E-state index in [0.29, 0.717) is 0 Å². The van der Waals surface area contributed by atoms with Crippen molar-refractivity contribution in [2.75, 3.05) is 14.2 Å². The molecule has 128 valence electrons. The third-order valence-corrected chi connectivity index (χ3v) is 4.71. The van der Waals surface area contributed by atoms with Crippen LogP contribution in [0, 0.1) is 12.8 Å². The first kappa shape index (κ1) is 17.0. The summed E-state index contributed by atoms with van der Waals surface area (Å²) in [5.41, 5.74) is 2.03. The Bertz CT molecular complexity index is 943. The molecule has 4 heteroatoms. The van der Waals surface area contributed by atoms with Crippen molar-refractivity contribution in [3.8, 4) is 0 Å². The minimum absolute atomic E-state index is 0.247. The number of aryl methyl sites for hydroxylation is 1. The summed E-state index contributed by atoms with van der Waals surface area (Å²) in [7, 11) is 2.56. The Hall–Kier alpha value is -2.88. The molecule has 0 amide bonds. The molecule has 0 spiro atoms. The van der Waals surface area contributed by atoms with Gasteiger partial charge in [-0.25, -0.2) is 0 Å². The van der Waals surface area contributed by atoms with E-state index in [1.807, 2.05) is 37.3 Å². The highest BCUT2D eigenvalue weighted by Crippen LogP contribution is 2.34. The molecule has 3 aromatic rings. The smallest absolute Gasteiger partial charge is 0.320 e. The Morgan fingerprint density at radius 1 is 0.800 bits per heavy atom. The second-order valence-corrected chi connectivity index (χ2v) is 6.00. The number of fused-ring (bicyclic) bond motifs is 3. The summed E-state index contributed by atoms with van der Waals surface area (Å²) in [6.07, 6.45) is 0.247. The van der Waals surface area contributed by atoms with E-state index < -0.39 is 17.9 Å². The van der Waals surface area contributed by atoms with Crippen molar-refractivity contribution >= 4 is 33.5 Å². The van der Waals surface area contributed by atoms with Crippen LogP contribution in [0.1, 0.15) is 11.1 Å². The number of hydrogen-bond acceptors (Lipinski definition) is 4. The molecule has 4 nitrogen and oxygen atoms in total. The maximum atomic E-state index is 12.1. The zero-order valence-corrected chi connectivity index (χ0v) is 14.5. The van der Waals surface area contributed by atoms with Crippen molar-refractivity contribution < 1.29 is 19.1 Å². The topological polar surface area (TPSA) is 52.6 Å². The van der Waals surface area contributed by atoms with E-state index in [1.165, 1.54) is 14.2 Å². The van der Waals surface area contributed by atoms with Crippen molar-refractivity contribution in [3.63, 3.8) is 0 Å². The molecule has 0 atom stereocenters. The first-order chi connectivity index (χ1) is 12.1. The Labute approximate surface area is 146 Å². The lowest BCUT2D eigenvalue weighted by atomic mass is 9.87. The summed E-state index contributed by atoms with van der Waals surface area (Å²) in [5, 5.41) is 4.42. The minimum Gasteiger partial charge on any atom is -0.468 e. The minimum atomic E-state index is -0.974. The number of rotatable bonds is 4. The molecule has 3 rings (SSSR count). The van der Waals surface area contributed by atoms with Crippen LogP contribution in [0.4, 0.5) is 0 Å². The molecule has 0 aliphatic rings. The third kappa shape index (κ3) is 2.95. The van der Waals surface area contributed by atoms with Crippen molar-refractivity contribution in [1.82, 2.24) is 0 Å². The molecule has 0 aliphatic carbocycles. The van der Waals surface area contributed by atoms with Gasteiger partial charge in [-0.05, 0) is 46.0 Å². The molecule has 25 heavy (non-hydrogen) atoms. The van der Waals surface area contributed by atoms with Gasteiger partial charge in [-0.15, -0.1) is 0 Å². The van der Waals surface area contributed by atoms with Crippen molar-refractivity contribution in [2.45, 2.75) is 13.3 Å². The predicted octanol–water partition coefficient (Wildman–Crippen LogP) is 3.81. The highest BCUT2D eigenvalue weighted by molar-refractivity contribution is 6.11. The van der Waals surface area contributed by atoms with Crippen LogP contribution in [-0.4, -0.2) is 26.2 Å². The molecule has 0 aliphatic heterocycles. The van der Waals surface area contributed by atoms with Gasteiger partial charge in [0.25, 0.3) is 0 Å². The van der Waals surface area contributed by atoms with Gasteiger partial charge in [0, 0.05) is 0 Å². The molecule has 0 saturated heterocycles. The third-order valence-electron chi connectivity index (χ3n) is 4.71. The van der Waals surface area contributed by atoms with E-state index in [2.05, 4.69) is 18.2 Å². The molecule has 0 N–H and O–H groups in total. The molecule has 0 saturated carbocycles. The van der Waals surface area contributed by atoms with Gasteiger partial charge < -0.3 is 9.47 Å². The maximum Gasteiger partial charge on any atom is 0.320 e. The second kappa shape index (κ2) is 6.93. The van der Waals surface area contributed by atoms with Crippen molar-refractivity contribution in [1.29, 1.82) is 0 Å². The zero-order valence-electron chi connectivity index (χ0n) is 14.5.